The molecule has 11 heteroatoms. The third kappa shape index (κ3) is 6.37. The molecule has 4 rings (SSSR count). The first-order chi connectivity index (χ1) is 16.9. The van der Waals surface area contributed by atoms with Crippen molar-refractivity contribution in [1.29, 1.82) is 0 Å². The number of amides is 2. The molecular formula is C24H24N4O5S2. The number of hydrogen-bond donors (Lipinski definition) is 3. The van der Waals surface area contributed by atoms with Crippen molar-refractivity contribution >= 4 is 51.7 Å². The molecule has 0 atom stereocenters. The molecule has 1 aliphatic carbocycles. The Morgan fingerprint density at radius 3 is 2.66 bits per heavy atom. The summed E-state index contributed by atoms with van der Waals surface area (Å²) < 4.78 is 5.90. The van der Waals surface area contributed by atoms with E-state index < -0.39 is 12.0 Å². The molecule has 0 radical (unpaired) electrons. The van der Waals surface area contributed by atoms with Crippen molar-refractivity contribution in [2.24, 2.45) is 5.92 Å². The van der Waals surface area contributed by atoms with Crippen molar-refractivity contribution < 1.29 is 24.2 Å². The predicted octanol–water partition coefficient (Wildman–Crippen LogP) is 5.34. The van der Waals surface area contributed by atoms with Crippen molar-refractivity contribution in [3.05, 3.63) is 53.9 Å². The van der Waals surface area contributed by atoms with Gasteiger partial charge >= 0.3 is 12.0 Å². The molecule has 2 amide bonds. The van der Waals surface area contributed by atoms with E-state index in [2.05, 4.69) is 20.6 Å². The van der Waals surface area contributed by atoms with Gasteiger partial charge in [0.2, 0.25) is 0 Å². The molecule has 1 fully saturated rings. The Balaban J connectivity index is 1.52. The Hall–Kier alpha value is -3.44. The van der Waals surface area contributed by atoms with Crippen molar-refractivity contribution in [1.82, 2.24) is 9.97 Å². The number of ether oxygens (including phenoxy) is 1. The van der Waals surface area contributed by atoms with Crippen molar-refractivity contribution in [2.45, 2.75) is 41.3 Å². The van der Waals surface area contributed by atoms with E-state index in [-0.39, 0.29) is 23.3 Å². The van der Waals surface area contributed by atoms with Crippen LogP contribution >= 0.6 is 23.1 Å². The number of methoxy groups -OCH3 is 1. The first-order valence-electron chi connectivity index (χ1n) is 11.0. The highest BCUT2D eigenvalue weighted by molar-refractivity contribution is 8.01. The summed E-state index contributed by atoms with van der Waals surface area (Å²) in [4.78, 5) is 45.8. The quantitative estimate of drug-likeness (QED) is 0.327. The Morgan fingerprint density at radius 1 is 1.17 bits per heavy atom. The van der Waals surface area contributed by atoms with E-state index in [0.29, 0.717) is 31.9 Å². The number of aliphatic carboxylic acids is 1. The zero-order valence-corrected chi connectivity index (χ0v) is 20.6. The van der Waals surface area contributed by atoms with E-state index in [9.17, 15) is 19.5 Å². The van der Waals surface area contributed by atoms with Crippen molar-refractivity contribution in [2.75, 3.05) is 17.7 Å². The maximum absolute atomic E-state index is 13.1. The number of Topliss-reactive ketones (excluding diaryl/α,β-unsaturated/α-hetero) is 1. The maximum atomic E-state index is 13.1. The number of carboxylic acids is 1. The highest BCUT2D eigenvalue weighted by atomic mass is 32.2. The molecule has 0 saturated heterocycles. The number of aromatic nitrogens is 2. The first kappa shape index (κ1) is 24.7. The Bertz CT molecular complexity index is 1230. The number of carbonyl (C=O) groups excluding carboxylic acids is 2. The standard InChI is InChI=1S/C24H24N4O5S2/c1-33-15-9-10-17(16(12-15)21(31)14-6-2-3-7-14)26-23(32)28-24-27-18(13-20(29)30)22(35-24)34-19-8-4-5-11-25-19/h4-5,8-12,14H,2-3,6-7,13H2,1H3,(H,29,30)(H2,26,27,28,32). The molecule has 1 saturated carbocycles. The number of anilines is 2. The summed E-state index contributed by atoms with van der Waals surface area (Å²) in [5.41, 5.74) is 1.13. The zero-order chi connectivity index (χ0) is 24.8. The molecule has 0 spiro atoms. The summed E-state index contributed by atoms with van der Waals surface area (Å²) in [6.45, 7) is 0. The summed E-state index contributed by atoms with van der Waals surface area (Å²) in [5, 5.41) is 15.6. The Morgan fingerprint density at radius 2 is 1.97 bits per heavy atom. The molecule has 0 aliphatic heterocycles. The number of benzene rings is 1. The van der Waals surface area contributed by atoms with E-state index in [4.69, 9.17) is 4.74 Å². The van der Waals surface area contributed by atoms with Crippen LogP contribution in [0, 0.1) is 5.92 Å². The monoisotopic (exact) mass is 512 g/mol. The van der Waals surface area contributed by atoms with Crippen LogP contribution in [-0.4, -0.2) is 40.0 Å². The second-order valence-corrected chi connectivity index (χ2v) is 10.2. The lowest BCUT2D eigenvalue weighted by atomic mass is 9.95. The van der Waals surface area contributed by atoms with Gasteiger partial charge in [-0.1, -0.05) is 42.0 Å². The molecular weight excluding hydrogens is 488 g/mol. The number of thiazole rings is 1. The molecule has 9 nitrogen and oxygen atoms in total. The van der Waals surface area contributed by atoms with Gasteiger partial charge in [-0.3, -0.25) is 14.9 Å². The number of urea groups is 1. The average Bonchev–Trinajstić information content (AvgIpc) is 3.50. The predicted molar refractivity (Wildman–Crippen MR) is 134 cm³/mol. The minimum atomic E-state index is -1.03. The van der Waals surface area contributed by atoms with Crippen LogP contribution in [0.15, 0.2) is 51.8 Å². The van der Waals surface area contributed by atoms with Crippen LogP contribution in [0.25, 0.3) is 0 Å². The number of hydrogen-bond acceptors (Lipinski definition) is 8. The molecule has 182 valence electrons. The van der Waals surface area contributed by atoms with Gasteiger partial charge in [-0.15, -0.1) is 0 Å². The lowest BCUT2D eigenvalue weighted by Gasteiger charge is -2.15. The summed E-state index contributed by atoms with van der Waals surface area (Å²) >= 11 is 2.45. The fourth-order valence-electron chi connectivity index (χ4n) is 3.85. The van der Waals surface area contributed by atoms with Crippen LogP contribution in [0.4, 0.5) is 15.6 Å². The van der Waals surface area contributed by atoms with Gasteiger partial charge in [-0.2, -0.15) is 0 Å². The number of nitrogens with one attached hydrogen (secondary N) is 2. The largest absolute Gasteiger partial charge is 0.497 e. The van der Waals surface area contributed by atoms with Gasteiger partial charge in [-0.25, -0.2) is 14.8 Å². The highest BCUT2D eigenvalue weighted by Gasteiger charge is 2.27. The molecule has 2 aromatic heterocycles. The van der Waals surface area contributed by atoms with Gasteiger partial charge in [0.25, 0.3) is 0 Å². The van der Waals surface area contributed by atoms with Crippen LogP contribution in [0.2, 0.25) is 0 Å². The maximum Gasteiger partial charge on any atom is 0.325 e. The van der Waals surface area contributed by atoms with E-state index in [1.165, 1.54) is 18.9 Å². The van der Waals surface area contributed by atoms with Gasteiger partial charge in [0.15, 0.2) is 10.9 Å². The van der Waals surface area contributed by atoms with Crippen molar-refractivity contribution in [3.8, 4) is 5.75 Å². The summed E-state index contributed by atoms with van der Waals surface area (Å²) in [6.07, 6.45) is 5.07. The normalized spacial score (nSPS) is 13.4. The minimum Gasteiger partial charge on any atom is -0.497 e. The molecule has 35 heavy (non-hydrogen) atoms. The number of carbonyl (C=O) groups is 3. The number of ketones is 1. The summed E-state index contributed by atoms with van der Waals surface area (Å²) in [7, 11) is 1.52. The second-order valence-electron chi connectivity index (χ2n) is 7.93. The third-order valence-electron chi connectivity index (χ3n) is 5.50. The lowest BCUT2D eigenvalue weighted by Crippen LogP contribution is -2.22. The molecule has 0 bridgehead atoms. The van der Waals surface area contributed by atoms with E-state index in [1.54, 1.807) is 36.5 Å². The topological polar surface area (TPSA) is 131 Å². The number of carboxylic acid groups (broad SMARTS) is 1. The van der Waals surface area contributed by atoms with Gasteiger partial charge < -0.3 is 15.2 Å². The van der Waals surface area contributed by atoms with E-state index in [0.717, 1.165) is 37.0 Å². The second kappa shape index (κ2) is 11.3. The molecule has 3 aromatic rings. The van der Waals surface area contributed by atoms with Crippen LogP contribution < -0.4 is 15.4 Å². The van der Waals surface area contributed by atoms with Gasteiger partial charge in [0, 0.05) is 17.7 Å². The number of rotatable bonds is 9. The van der Waals surface area contributed by atoms with Crippen LogP contribution in [0.3, 0.4) is 0 Å². The fraction of sp³-hybridized carbons (Fsp3) is 0.292. The Kier molecular flexibility index (Phi) is 7.98. The molecule has 3 N–H and O–H groups in total. The Labute approximate surface area is 210 Å². The van der Waals surface area contributed by atoms with Gasteiger partial charge in [0.1, 0.15) is 10.8 Å². The van der Waals surface area contributed by atoms with E-state index in [1.807, 2.05) is 6.07 Å². The third-order valence-corrected chi connectivity index (χ3v) is 7.68. The van der Waals surface area contributed by atoms with Crippen LogP contribution in [-0.2, 0) is 11.2 Å². The number of pyridine rings is 1. The SMILES string of the molecule is COc1ccc(NC(=O)Nc2nc(CC(=O)O)c(Sc3ccccn3)s2)c(C(=O)C2CCCC2)c1. The zero-order valence-electron chi connectivity index (χ0n) is 18.9. The average molecular weight is 513 g/mol. The van der Waals surface area contributed by atoms with Crippen LogP contribution in [0.1, 0.15) is 41.7 Å². The lowest BCUT2D eigenvalue weighted by molar-refractivity contribution is -0.136. The van der Waals surface area contributed by atoms with Gasteiger partial charge in [0.05, 0.1) is 29.1 Å². The summed E-state index contributed by atoms with van der Waals surface area (Å²) in [5.74, 6) is -0.563. The van der Waals surface area contributed by atoms with E-state index >= 15 is 0 Å². The summed E-state index contributed by atoms with van der Waals surface area (Å²) in [6, 6.07) is 9.81. The number of nitrogens with zero attached hydrogens (tertiary/aromatic N) is 2. The molecule has 2 heterocycles. The van der Waals surface area contributed by atoms with Crippen LogP contribution in [0.5, 0.6) is 5.75 Å². The van der Waals surface area contributed by atoms with Crippen molar-refractivity contribution in [3.63, 3.8) is 0 Å². The molecule has 0 unspecified atom stereocenters. The molecule has 1 aliphatic rings. The smallest absolute Gasteiger partial charge is 0.325 e. The minimum absolute atomic E-state index is 0.0104. The highest BCUT2D eigenvalue weighted by Crippen LogP contribution is 2.37. The molecule has 1 aromatic carbocycles. The fourth-order valence-corrected chi connectivity index (χ4v) is 5.91. The first-order valence-corrected chi connectivity index (χ1v) is 12.7. The van der Waals surface area contributed by atoms with Gasteiger partial charge in [-0.05, 0) is 43.2 Å².